The van der Waals surface area contributed by atoms with Crippen molar-refractivity contribution in [3.8, 4) is 0 Å². The Morgan fingerprint density at radius 1 is 1.14 bits per heavy atom. The molecule has 0 radical (unpaired) electrons. The van der Waals surface area contributed by atoms with E-state index in [0.29, 0.717) is 5.56 Å². The topological polar surface area (TPSA) is 43.1 Å². The van der Waals surface area contributed by atoms with Gasteiger partial charge in [0.2, 0.25) is 5.91 Å². The molecule has 1 amide bonds. The molecule has 2 N–H and O–H groups in total. The number of primary amides is 1. The number of nitrogens with two attached hydrogens (primary N) is 1. The summed E-state index contributed by atoms with van der Waals surface area (Å²) < 4.78 is 0.740. The van der Waals surface area contributed by atoms with Crippen LogP contribution >= 0.6 is 15.9 Å². The zero-order chi connectivity index (χ0) is 10.1. The smallest absolute Gasteiger partial charge is 0.250 e. The van der Waals surface area contributed by atoms with Gasteiger partial charge in [0.1, 0.15) is 0 Å². The van der Waals surface area contributed by atoms with E-state index in [0.717, 1.165) is 15.2 Å². The van der Waals surface area contributed by atoms with Gasteiger partial charge in [-0.05, 0) is 32.8 Å². The van der Waals surface area contributed by atoms with Crippen molar-refractivity contribution in [2.75, 3.05) is 0 Å². The molecule has 0 aliphatic heterocycles. The van der Waals surface area contributed by atoms with Crippen LogP contribution in [0.2, 0.25) is 0 Å². The van der Waals surface area contributed by atoms with Crippen molar-refractivity contribution in [3.05, 3.63) is 46.4 Å². The highest BCUT2D eigenvalue weighted by atomic mass is 79.9. The number of hydrogen-bond donors (Lipinski definition) is 1. The predicted octanol–water partition coefficient (Wildman–Crippen LogP) is 2.70. The SMILES string of the molecule is NC(=O)c1c(Br)ccc2ccccc12. The Hall–Kier alpha value is -1.35. The zero-order valence-electron chi connectivity index (χ0n) is 7.33. The van der Waals surface area contributed by atoms with Crippen molar-refractivity contribution in [1.29, 1.82) is 0 Å². The van der Waals surface area contributed by atoms with E-state index in [4.69, 9.17) is 5.73 Å². The van der Waals surface area contributed by atoms with Crippen LogP contribution in [0, 0.1) is 0 Å². The molecule has 3 heteroatoms. The minimum atomic E-state index is -0.409. The maximum atomic E-state index is 11.2. The van der Waals surface area contributed by atoms with E-state index >= 15 is 0 Å². The van der Waals surface area contributed by atoms with Crippen LogP contribution in [-0.2, 0) is 0 Å². The minimum Gasteiger partial charge on any atom is -0.366 e. The number of carbonyl (C=O) groups is 1. The molecule has 2 aromatic rings. The first-order valence-electron chi connectivity index (χ1n) is 4.17. The summed E-state index contributed by atoms with van der Waals surface area (Å²) in [5, 5.41) is 1.90. The van der Waals surface area contributed by atoms with E-state index < -0.39 is 5.91 Å². The van der Waals surface area contributed by atoms with E-state index in [9.17, 15) is 4.79 Å². The van der Waals surface area contributed by atoms with E-state index in [2.05, 4.69) is 15.9 Å². The molecule has 0 spiro atoms. The van der Waals surface area contributed by atoms with Crippen LogP contribution in [0.5, 0.6) is 0 Å². The number of amides is 1. The Kier molecular flexibility index (Phi) is 2.25. The minimum absolute atomic E-state index is 0.409. The molecule has 0 heterocycles. The molecule has 0 fully saturated rings. The Morgan fingerprint density at radius 3 is 2.57 bits per heavy atom. The van der Waals surface area contributed by atoms with Gasteiger partial charge in [-0.25, -0.2) is 0 Å². The normalized spacial score (nSPS) is 10.4. The van der Waals surface area contributed by atoms with E-state index in [-0.39, 0.29) is 0 Å². The average Bonchev–Trinajstić information content (AvgIpc) is 2.17. The monoisotopic (exact) mass is 249 g/mol. The van der Waals surface area contributed by atoms with Crippen molar-refractivity contribution in [2.45, 2.75) is 0 Å². The summed E-state index contributed by atoms with van der Waals surface area (Å²) in [7, 11) is 0. The quantitative estimate of drug-likeness (QED) is 0.830. The molecule has 0 saturated carbocycles. The highest BCUT2D eigenvalue weighted by Crippen LogP contribution is 2.25. The third-order valence-electron chi connectivity index (χ3n) is 2.12. The second kappa shape index (κ2) is 3.42. The molecular weight excluding hydrogens is 242 g/mol. The van der Waals surface area contributed by atoms with Gasteiger partial charge in [0.05, 0.1) is 5.56 Å². The predicted molar refractivity (Wildman–Crippen MR) is 60.2 cm³/mol. The van der Waals surface area contributed by atoms with Crippen molar-refractivity contribution < 1.29 is 4.79 Å². The summed E-state index contributed by atoms with van der Waals surface area (Å²) >= 11 is 3.32. The Bertz CT molecular complexity index is 508. The summed E-state index contributed by atoms with van der Waals surface area (Å²) in [6.45, 7) is 0. The van der Waals surface area contributed by atoms with Gasteiger partial charge in [-0.1, -0.05) is 30.3 Å². The van der Waals surface area contributed by atoms with Crippen molar-refractivity contribution in [1.82, 2.24) is 0 Å². The summed E-state index contributed by atoms with van der Waals surface area (Å²) in [5.41, 5.74) is 5.86. The highest BCUT2D eigenvalue weighted by molar-refractivity contribution is 9.10. The second-order valence-electron chi connectivity index (χ2n) is 3.01. The first-order chi connectivity index (χ1) is 6.70. The summed E-state index contributed by atoms with van der Waals surface area (Å²) in [4.78, 5) is 11.2. The maximum Gasteiger partial charge on any atom is 0.250 e. The van der Waals surface area contributed by atoms with Crippen LogP contribution in [0.25, 0.3) is 10.8 Å². The molecule has 0 aliphatic rings. The largest absolute Gasteiger partial charge is 0.366 e. The fraction of sp³-hybridized carbons (Fsp3) is 0. The molecule has 2 rings (SSSR count). The van der Waals surface area contributed by atoms with E-state index in [1.54, 1.807) is 0 Å². The Balaban J connectivity index is 2.90. The van der Waals surface area contributed by atoms with Gasteiger partial charge in [-0.2, -0.15) is 0 Å². The molecule has 14 heavy (non-hydrogen) atoms. The number of rotatable bonds is 1. The number of fused-ring (bicyclic) bond motifs is 1. The average molecular weight is 250 g/mol. The first kappa shape index (κ1) is 9.21. The first-order valence-corrected chi connectivity index (χ1v) is 4.96. The highest BCUT2D eigenvalue weighted by Gasteiger charge is 2.09. The maximum absolute atomic E-state index is 11.2. The number of benzene rings is 2. The van der Waals surface area contributed by atoms with Crippen molar-refractivity contribution in [3.63, 3.8) is 0 Å². The number of hydrogen-bond acceptors (Lipinski definition) is 1. The fourth-order valence-electron chi connectivity index (χ4n) is 1.50. The van der Waals surface area contributed by atoms with Gasteiger partial charge in [-0.3, -0.25) is 4.79 Å². The molecule has 0 unspecified atom stereocenters. The molecule has 70 valence electrons. The van der Waals surface area contributed by atoms with E-state index in [1.807, 2.05) is 36.4 Å². The van der Waals surface area contributed by atoms with Gasteiger partial charge in [0.15, 0.2) is 0 Å². The lowest BCUT2D eigenvalue weighted by Crippen LogP contribution is -2.12. The molecule has 2 nitrogen and oxygen atoms in total. The molecule has 0 aliphatic carbocycles. The third kappa shape index (κ3) is 1.40. The van der Waals surface area contributed by atoms with Gasteiger partial charge < -0.3 is 5.73 Å². The number of carbonyl (C=O) groups excluding carboxylic acids is 1. The summed E-state index contributed by atoms with van der Waals surface area (Å²) in [5.74, 6) is -0.409. The molecule has 0 atom stereocenters. The summed E-state index contributed by atoms with van der Waals surface area (Å²) in [6, 6.07) is 11.4. The lowest BCUT2D eigenvalue weighted by Gasteiger charge is -2.04. The van der Waals surface area contributed by atoms with Crippen molar-refractivity contribution in [2.24, 2.45) is 5.73 Å². The standard InChI is InChI=1S/C11H8BrNO/c12-9-6-5-7-3-1-2-4-8(7)10(9)11(13)14/h1-6H,(H2,13,14). The Labute approximate surface area is 89.8 Å². The van der Waals surface area contributed by atoms with Gasteiger partial charge in [0.25, 0.3) is 0 Å². The molecule has 0 aromatic heterocycles. The molecule has 0 saturated heterocycles. The molecule has 2 aromatic carbocycles. The fourth-order valence-corrected chi connectivity index (χ4v) is 2.04. The lowest BCUT2D eigenvalue weighted by atomic mass is 10.0. The van der Waals surface area contributed by atoms with Crippen molar-refractivity contribution >= 4 is 32.6 Å². The number of halogens is 1. The zero-order valence-corrected chi connectivity index (χ0v) is 8.91. The van der Waals surface area contributed by atoms with Crippen LogP contribution < -0.4 is 5.73 Å². The third-order valence-corrected chi connectivity index (χ3v) is 2.79. The van der Waals surface area contributed by atoms with Crippen LogP contribution in [0.1, 0.15) is 10.4 Å². The van der Waals surface area contributed by atoms with E-state index in [1.165, 1.54) is 0 Å². The lowest BCUT2D eigenvalue weighted by molar-refractivity contribution is 0.100. The van der Waals surface area contributed by atoms with Gasteiger partial charge in [0, 0.05) is 4.47 Å². The van der Waals surface area contributed by atoms with Crippen LogP contribution in [0.15, 0.2) is 40.9 Å². The van der Waals surface area contributed by atoms with Crippen LogP contribution in [-0.4, -0.2) is 5.91 Å². The van der Waals surface area contributed by atoms with Gasteiger partial charge in [-0.15, -0.1) is 0 Å². The van der Waals surface area contributed by atoms with Gasteiger partial charge >= 0.3 is 0 Å². The Morgan fingerprint density at radius 2 is 1.86 bits per heavy atom. The molecular formula is C11H8BrNO. The van der Waals surface area contributed by atoms with Crippen LogP contribution in [0.3, 0.4) is 0 Å². The second-order valence-corrected chi connectivity index (χ2v) is 3.86. The summed E-state index contributed by atoms with van der Waals surface area (Å²) in [6.07, 6.45) is 0. The molecule has 0 bridgehead atoms. The van der Waals surface area contributed by atoms with Crippen LogP contribution in [0.4, 0.5) is 0 Å².